The number of aryl methyl sites for hydroxylation is 1. The van der Waals surface area contributed by atoms with E-state index in [1.165, 1.54) is 31.9 Å². The molecule has 152 valence electrons. The SMILES string of the molecule is Cc1ccc(S(=O)(=O)N2CCCC2C(=O)N(C)c2nnc(-c3ccccc3)s2)s1. The molecule has 2 aromatic heterocycles. The maximum Gasteiger partial charge on any atom is 0.253 e. The van der Waals surface area contributed by atoms with E-state index < -0.39 is 16.1 Å². The third kappa shape index (κ3) is 3.85. The van der Waals surface area contributed by atoms with E-state index in [0.29, 0.717) is 29.5 Å². The van der Waals surface area contributed by atoms with Crippen molar-refractivity contribution in [3.8, 4) is 10.6 Å². The Labute approximate surface area is 177 Å². The van der Waals surface area contributed by atoms with Crippen molar-refractivity contribution in [3.05, 3.63) is 47.3 Å². The first-order valence-corrected chi connectivity index (χ1v) is 12.2. The van der Waals surface area contributed by atoms with Gasteiger partial charge in [-0.2, -0.15) is 4.31 Å². The van der Waals surface area contributed by atoms with Gasteiger partial charge in [0.1, 0.15) is 15.3 Å². The maximum absolute atomic E-state index is 13.1. The van der Waals surface area contributed by atoms with Crippen LogP contribution in [0.15, 0.2) is 46.7 Å². The fourth-order valence-electron chi connectivity index (χ4n) is 3.31. The first-order chi connectivity index (χ1) is 13.9. The normalized spacial score (nSPS) is 17.5. The molecule has 3 heterocycles. The first-order valence-electron chi connectivity index (χ1n) is 9.13. The van der Waals surface area contributed by atoms with E-state index in [1.54, 1.807) is 19.2 Å². The number of nitrogens with zero attached hydrogens (tertiary/aromatic N) is 4. The van der Waals surface area contributed by atoms with Gasteiger partial charge in [0.05, 0.1) is 0 Å². The number of amides is 1. The van der Waals surface area contributed by atoms with E-state index in [0.717, 1.165) is 10.4 Å². The van der Waals surface area contributed by atoms with Crippen molar-refractivity contribution in [2.75, 3.05) is 18.5 Å². The molecule has 1 amide bonds. The lowest BCUT2D eigenvalue weighted by Gasteiger charge is -2.25. The zero-order valence-electron chi connectivity index (χ0n) is 16.0. The van der Waals surface area contributed by atoms with Crippen LogP contribution in [0.1, 0.15) is 17.7 Å². The van der Waals surface area contributed by atoms with Crippen molar-refractivity contribution in [2.24, 2.45) is 0 Å². The fraction of sp³-hybridized carbons (Fsp3) is 0.316. The zero-order valence-corrected chi connectivity index (χ0v) is 18.4. The lowest BCUT2D eigenvalue weighted by Crippen LogP contribution is -2.46. The summed E-state index contributed by atoms with van der Waals surface area (Å²) in [5, 5.41) is 9.48. The number of carbonyl (C=O) groups excluding carboxylic acids is 1. The van der Waals surface area contributed by atoms with Gasteiger partial charge in [-0.25, -0.2) is 8.42 Å². The average Bonchev–Trinajstić information content (AvgIpc) is 3.47. The number of anilines is 1. The van der Waals surface area contributed by atoms with Crippen LogP contribution in [0.3, 0.4) is 0 Å². The van der Waals surface area contributed by atoms with Crippen LogP contribution in [-0.2, 0) is 14.8 Å². The Kier molecular flexibility index (Phi) is 5.52. The molecule has 1 aliphatic rings. The number of carbonyl (C=O) groups is 1. The smallest absolute Gasteiger partial charge is 0.253 e. The summed E-state index contributed by atoms with van der Waals surface area (Å²) >= 11 is 2.53. The predicted octanol–water partition coefficient (Wildman–Crippen LogP) is 3.39. The molecule has 0 saturated carbocycles. The highest BCUT2D eigenvalue weighted by Gasteiger charge is 2.41. The molecule has 0 spiro atoms. The average molecular weight is 449 g/mol. The van der Waals surface area contributed by atoms with Gasteiger partial charge in [0.25, 0.3) is 10.0 Å². The molecule has 1 saturated heterocycles. The van der Waals surface area contributed by atoms with Crippen molar-refractivity contribution in [1.29, 1.82) is 0 Å². The quantitative estimate of drug-likeness (QED) is 0.597. The van der Waals surface area contributed by atoms with Crippen molar-refractivity contribution in [3.63, 3.8) is 0 Å². The molecule has 1 fully saturated rings. The Balaban J connectivity index is 1.56. The van der Waals surface area contributed by atoms with Crippen molar-refractivity contribution < 1.29 is 13.2 Å². The summed E-state index contributed by atoms with van der Waals surface area (Å²) < 4.78 is 27.7. The van der Waals surface area contributed by atoms with Crippen LogP contribution in [0.2, 0.25) is 0 Å². The Bertz CT molecular complexity index is 1120. The molecular formula is C19H20N4O3S3. The van der Waals surface area contributed by atoms with Crippen LogP contribution in [0.25, 0.3) is 10.6 Å². The molecule has 29 heavy (non-hydrogen) atoms. The summed E-state index contributed by atoms with van der Waals surface area (Å²) in [7, 11) is -2.07. The summed E-state index contributed by atoms with van der Waals surface area (Å²) in [6, 6.07) is 12.3. The molecule has 0 N–H and O–H groups in total. The largest absolute Gasteiger partial charge is 0.288 e. The monoisotopic (exact) mass is 448 g/mol. The van der Waals surface area contributed by atoms with Crippen LogP contribution < -0.4 is 4.90 Å². The van der Waals surface area contributed by atoms with Gasteiger partial charge in [-0.3, -0.25) is 9.69 Å². The molecular weight excluding hydrogens is 428 g/mol. The van der Waals surface area contributed by atoms with Crippen LogP contribution in [0.5, 0.6) is 0 Å². The molecule has 0 aliphatic carbocycles. The number of aromatic nitrogens is 2. The number of hydrogen-bond donors (Lipinski definition) is 0. The number of likely N-dealkylation sites (N-methyl/N-ethyl adjacent to an activating group) is 1. The van der Waals surface area contributed by atoms with Gasteiger partial charge in [-0.1, -0.05) is 41.7 Å². The van der Waals surface area contributed by atoms with Crippen LogP contribution >= 0.6 is 22.7 Å². The maximum atomic E-state index is 13.1. The number of rotatable bonds is 5. The second-order valence-electron chi connectivity index (χ2n) is 6.79. The van der Waals surface area contributed by atoms with Crippen molar-refractivity contribution >= 4 is 43.7 Å². The van der Waals surface area contributed by atoms with Crippen LogP contribution in [0, 0.1) is 6.92 Å². The molecule has 1 aliphatic heterocycles. The molecule has 0 radical (unpaired) electrons. The minimum atomic E-state index is -3.69. The molecule has 7 nitrogen and oxygen atoms in total. The van der Waals surface area contributed by atoms with Crippen molar-refractivity contribution in [1.82, 2.24) is 14.5 Å². The second-order valence-corrected chi connectivity index (χ2v) is 11.2. The van der Waals surface area contributed by atoms with Gasteiger partial charge in [-0.05, 0) is 31.9 Å². The summed E-state index contributed by atoms with van der Waals surface area (Å²) in [5.74, 6) is -0.282. The number of hydrogen-bond acceptors (Lipinski definition) is 7. The molecule has 3 aromatic rings. The van der Waals surface area contributed by atoms with Gasteiger partial charge in [0.2, 0.25) is 11.0 Å². The van der Waals surface area contributed by atoms with E-state index in [-0.39, 0.29) is 10.1 Å². The number of sulfonamides is 1. The Hall–Kier alpha value is -2.14. The molecule has 1 atom stereocenters. The lowest BCUT2D eigenvalue weighted by atomic mass is 10.2. The van der Waals surface area contributed by atoms with Crippen molar-refractivity contribution in [2.45, 2.75) is 30.0 Å². The van der Waals surface area contributed by atoms with E-state index in [4.69, 9.17) is 0 Å². The summed E-state index contributed by atoms with van der Waals surface area (Å²) in [6.45, 7) is 2.21. The highest BCUT2D eigenvalue weighted by molar-refractivity contribution is 7.91. The fourth-order valence-corrected chi connectivity index (χ4v) is 7.19. The molecule has 10 heteroatoms. The van der Waals surface area contributed by atoms with Gasteiger partial charge in [-0.15, -0.1) is 21.5 Å². The highest BCUT2D eigenvalue weighted by Crippen LogP contribution is 2.33. The summed E-state index contributed by atoms with van der Waals surface area (Å²) in [5.41, 5.74) is 0.926. The van der Waals surface area contributed by atoms with E-state index in [9.17, 15) is 13.2 Å². The minimum Gasteiger partial charge on any atom is -0.288 e. The number of benzene rings is 1. The third-order valence-electron chi connectivity index (χ3n) is 4.82. The van der Waals surface area contributed by atoms with E-state index in [2.05, 4.69) is 10.2 Å². The molecule has 4 rings (SSSR count). The van der Waals surface area contributed by atoms with Gasteiger partial charge >= 0.3 is 0 Å². The van der Waals surface area contributed by atoms with Gasteiger partial charge < -0.3 is 0 Å². The summed E-state index contributed by atoms with van der Waals surface area (Å²) in [4.78, 5) is 15.5. The molecule has 1 aromatic carbocycles. The Morgan fingerprint density at radius 1 is 1.14 bits per heavy atom. The first kappa shape index (κ1) is 20.1. The van der Waals surface area contributed by atoms with Gasteiger partial charge in [0, 0.05) is 24.0 Å². The van der Waals surface area contributed by atoms with Crippen LogP contribution in [-0.4, -0.2) is 48.5 Å². The number of thiophene rings is 1. The van der Waals surface area contributed by atoms with E-state index in [1.807, 2.05) is 37.3 Å². The zero-order chi connectivity index (χ0) is 20.6. The van der Waals surface area contributed by atoms with Crippen LogP contribution in [0.4, 0.5) is 5.13 Å². The third-order valence-corrected chi connectivity index (χ3v) is 9.25. The molecule has 0 bridgehead atoms. The predicted molar refractivity (Wildman–Crippen MR) is 115 cm³/mol. The highest BCUT2D eigenvalue weighted by atomic mass is 32.2. The topological polar surface area (TPSA) is 83.5 Å². The Morgan fingerprint density at radius 3 is 2.59 bits per heavy atom. The standard InChI is InChI=1S/C19H20N4O3S3/c1-13-10-11-16(27-13)29(25,26)23-12-6-9-15(23)18(24)22(2)19-21-20-17(28-19)14-7-4-3-5-8-14/h3-5,7-8,10-11,15H,6,9,12H2,1-2H3. The molecule has 1 unspecified atom stereocenters. The van der Waals surface area contributed by atoms with Gasteiger partial charge in [0.15, 0.2) is 0 Å². The Morgan fingerprint density at radius 2 is 1.90 bits per heavy atom. The van der Waals surface area contributed by atoms with E-state index >= 15 is 0 Å². The summed E-state index contributed by atoms with van der Waals surface area (Å²) in [6.07, 6.45) is 1.15. The lowest BCUT2D eigenvalue weighted by molar-refractivity contribution is -0.121. The minimum absolute atomic E-state index is 0.277. The second kappa shape index (κ2) is 7.94.